The number of methoxy groups -OCH3 is 2. The van der Waals surface area contributed by atoms with Gasteiger partial charge >= 0.3 is 12.2 Å². The van der Waals surface area contributed by atoms with E-state index in [1.807, 2.05) is 0 Å². The Balaban J connectivity index is 1.80. The molecule has 1 atom stereocenters. The van der Waals surface area contributed by atoms with E-state index in [1.54, 1.807) is 85.1 Å². The van der Waals surface area contributed by atoms with E-state index in [0.717, 1.165) is 10.2 Å². The van der Waals surface area contributed by atoms with E-state index in [1.165, 1.54) is 12.0 Å². The highest BCUT2D eigenvalue weighted by atomic mass is 35.5. The van der Waals surface area contributed by atoms with Crippen LogP contribution in [0.25, 0.3) is 10.9 Å². The van der Waals surface area contributed by atoms with Gasteiger partial charge in [0.25, 0.3) is 0 Å². The van der Waals surface area contributed by atoms with Crippen LogP contribution in [0.15, 0.2) is 36.4 Å². The van der Waals surface area contributed by atoms with Crippen LogP contribution in [0.4, 0.5) is 15.3 Å². The third-order valence-corrected chi connectivity index (χ3v) is 6.07. The average Bonchev–Trinajstić information content (AvgIpc) is 3.24. The lowest BCUT2D eigenvalue weighted by Crippen LogP contribution is -2.41. The molecule has 0 saturated heterocycles. The SMILES string of the molecule is COc1nn(C(=O)OC(C)(C)C)c2cc(OCCN(C[C@H](OC)c3ccc(Cl)c(N)c3)C(=O)OC(C)(C)C)ccc12. The first kappa shape index (κ1) is 31.8. The molecule has 0 fully saturated rings. The van der Waals surface area contributed by atoms with Gasteiger partial charge in [0.15, 0.2) is 0 Å². The Morgan fingerprint density at radius 1 is 1.02 bits per heavy atom. The third kappa shape index (κ3) is 8.64. The highest BCUT2D eigenvalue weighted by molar-refractivity contribution is 6.33. The van der Waals surface area contributed by atoms with Gasteiger partial charge in [-0.1, -0.05) is 17.7 Å². The zero-order valence-corrected chi connectivity index (χ0v) is 25.6. The largest absolute Gasteiger partial charge is 0.492 e. The molecule has 3 rings (SSSR count). The van der Waals surface area contributed by atoms with Gasteiger partial charge in [0.1, 0.15) is 23.6 Å². The number of aromatic nitrogens is 2. The molecule has 0 radical (unpaired) electrons. The van der Waals surface area contributed by atoms with Crippen LogP contribution in [-0.2, 0) is 14.2 Å². The highest BCUT2D eigenvalue weighted by Crippen LogP contribution is 2.30. The minimum absolute atomic E-state index is 0.127. The highest BCUT2D eigenvalue weighted by Gasteiger charge is 2.26. The standard InChI is InChI=1S/C29H39ClN4O7/c1-28(2,3)40-26(35)33(17-24(37-7)18-9-12-21(30)22(31)15-18)13-14-39-19-10-11-20-23(16-19)34(32-25(20)38-8)27(36)41-29(4,5)6/h9-12,15-16,24H,13-14,17,31H2,1-8H3/t24-/m0/s1. The predicted octanol–water partition coefficient (Wildman–Crippen LogP) is 6.07. The number of carbonyl (C=O) groups is 2. The Hall–Kier alpha value is -3.70. The fourth-order valence-electron chi connectivity index (χ4n) is 3.89. The summed E-state index contributed by atoms with van der Waals surface area (Å²) in [5, 5.41) is 5.30. The maximum absolute atomic E-state index is 13.1. The number of hydrogen-bond donors (Lipinski definition) is 1. The number of carbonyl (C=O) groups excluding carboxylic acids is 2. The van der Waals surface area contributed by atoms with Crippen molar-refractivity contribution in [3.05, 3.63) is 47.0 Å². The van der Waals surface area contributed by atoms with E-state index in [0.29, 0.717) is 27.4 Å². The zero-order valence-electron chi connectivity index (χ0n) is 24.8. The molecule has 0 aliphatic carbocycles. The number of benzene rings is 2. The molecule has 0 unspecified atom stereocenters. The van der Waals surface area contributed by atoms with Gasteiger partial charge < -0.3 is 34.3 Å². The lowest BCUT2D eigenvalue weighted by Gasteiger charge is -2.30. The molecule has 2 N–H and O–H groups in total. The Morgan fingerprint density at radius 2 is 1.71 bits per heavy atom. The molecule has 0 aliphatic heterocycles. The monoisotopic (exact) mass is 590 g/mol. The molecule has 224 valence electrons. The van der Waals surface area contributed by atoms with Crippen LogP contribution >= 0.6 is 11.6 Å². The summed E-state index contributed by atoms with van der Waals surface area (Å²) in [4.78, 5) is 27.4. The Kier molecular flexibility index (Phi) is 9.98. The van der Waals surface area contributed by atoms with Gasteiger partial charge in [0.05, 0.1) is 47.9 Å². The number of ether oxygens (including phenoxy) is 5. The number of rotatable bonds is 9. The van der Waals surface area contributed by atoms with Crippen molar-refractivity contribution in [2.24, 2.45) is 0 Å². The second-order valence-corrected chi connectivity index (χ2v) is 11.8. The summed E-state index contributed by atoms with van der Waals surface area (Å²) >= 11 is 6.08. The first-order valence-corrected chi connectivity index (χ1v) is 13.5. The average molecular weight is 591 g/mol. The van der Waals surface area contributed by atoms with Crippen LogP contribution in [0.5, 0.6) is 11.6 Å². The lowest BCUT2D eigenvalue weighted by atomic mass is 10.1. The number of nitrogen functional groups attached to an aromatic ring is 1. The second-order valence-electron chi connectivity index (χ2n) is 11.4. The van der Waals surface area contributed by atoms with Gasteiger partial charge in [-0.25, -0.2) is 9.59 Å². The third-order valence-electron chi connectivity index (χ3n) is 5.72. The van der Waals surface area contributed by atoms with Crippen molar-refractivity contribution in [1.82, 2.24) is 14.7 Å². The molecule has 0 saturated carbocycles. The number of amides is 1. The summed E-state index contributed by atoms with van der Waals surface area (Å²) in [5.74, 6) is 0.740. The quantitative estimate of drug-likeness (QED) is 0.295. The normalized spacial score (nSPS) is 12.6. The van der Waals surface area contributed by atoms with Gasteiger partial charge in [-0.15, -0.1) is 5.10 Å². The van der Waals surface area contributed by atoms with Crippen LogP contribution in [-0.4, -0.2) is 72.0 Å². The van der Waals surface area contributed by atoms with E-state index in [-0.39, 0.29) is 25.6 Å². The summed E-state index contributed by atoms with van der Waals surface area (Å²) in [6.07, 6.45) is -1.66. The number of anilines is 1. The van der Waals surface area contributed by atoms with Crippen molar-refractivity contribution >= 4 is 40.4 Å². The van der Waals surface area contributed by atoms with E-state index in [2.05, 4.69) is 5.10 Å². The first-order chi connectivity index (χ1) is 19.1. The second kappa shape index (κ2) is 12.9. The van der Waals surface area contributed by atoms with Crippen LogP contribution in [0.2, 0.25) is 5.02 Å². The predicted molar refractivity (Wildman–Crippen MR) is 157 cm³/mol. The molecule has 11 nitrogen and oxygen atoms in total. The lowest BCUT2D eigenvalue weighted by molar-refractivity contribution is 0.00509. The number of fused-ring (bicyclic) bond motifs is 1. The van der Waals surface area contributed by atoms with E-state index < -0.39 is 29.5 Å². The fraction of sp³-hybridized carbons (Fsp3) is 0.483. The summed E-state index contributed by atoms with van der Waals surface area (Å²) in [5.41, 5.74) is 6.21. The molecule has 1 heterocycles. The van der Waals surface area contributed by atoms with E-state index in [4.69, 9.17) is 41.0 Å². The van der Waals surface area contributed by atoms with Crippen LogP contribution in [0.1, 0.15) is 53.2 Å². The van der Waals surface area contributed by atoms with Crippen molar-refractivity contribution in [1.29, 1.82) is 0 Å². The van der Waals surface area contributed by atoms with Crippen molar-refractivity contribution in [3.8, 4) is 11.6 Å². The molecule has 2 aromatic carbocycles. The maximum Gasteiger partial charge on any atom is 0.435 e. The summed E-state index contributed by atoms with van der Waals surface area (Å²) in [7, 11) is 3.03. The molecule has 12 heteroatoms. The summed E-state index contributed by atoms with van der Waals surface area (Å²) in [6.45, 7) is 11.2. The molecule has 0 spiro atoms. The molecular formula is C29H39ClN4O7. The minimum Gasteiger partial charge on any atom is -0.492 e. The van der Waals surface area contributed by atoms with E-state index in [9.17, 15) is 9.59 Å². The topological polar surface area (TPSA) is 127 Å². The van der Waals surface area contributed by atoms with Gasteiger partial charge in [0.2, 0.25) is 5.88 Å². The molecule has 0 aliphatic rings. The molecule has 0 bridgehead atoms. The van der Waals surface area contributed by atoms with Crippen LogP contribution in [0.3, 0.4) is 0 Å². The van der Waals surface area contributed by atoms with Crippen molar-refractivity contribution in [3.63, 3.8) is 0 Å². The van der Waals surface area contributed by atoms with Gasteiger partial charge in [-0.2, -0.15) is 4.68 Å². The van der Waals surface area contributed by atoms with Gasteiger partial charge in [0, 0.05) is 13.2 Å². The maximum atomic E-state index is 13.1. The van der Waals surface area contributed by atoms with Crippen LogP contribution in [0, 0.1) is 0 Å². The van der Waals surface area contributed by atoms with Crippen LogP contribution < -0.4 is 15.2 Å². The molecule has 1 aromatic heterocycles. The first-order valence-electron chi connectivity index (χ1n) is 13.1. The van der Waals surface area contributed by atoms with E-state index >= 15 is 0 Å². The number of nitrogens with two attached hydrogens (primary N) is 1. The smallest absolute Gasteiger partial charge is 0.435 e. The molecular weight excluding hydrogens is 552 g/mol. The van der Waals surface area contributed by atoms with Gasteiger partial charge in [-0.3, -0.25) is 0 Å². The zero-order chi connectivity index (χ0) is 30.5. The van der Waals surface area contributed by atoms with Crippen molar-refractivity contribution < 1.29 is 33.3 Å². The van der Waals surface area contributed by atoms with Gasteiger partial charge in [-0.05, 0) is 71.4 Å². The van der Waals surface area contributed by atoms with Crippen molar-refractivity contribution in [2.45, 2.75) is 58.8 Å². The van der Waals surface area contributed by atoms with Crippen molar-refractivity contribution in [2.75, 3.05) is 39.6 Å². The fourth-order valence-corrected chi connectivity index (χ4v) is 4.00. The Labute approximate surface area is 245 Å². The molecule has 1 amide bonds. The number of hydrogen-bond acceptors (Lipinski definition) is 9. The molecule has 3 aromatic rings. The Bertz CT molecular complexity index is 1380. The summed E-state index contributed by atoms with van der Waals surface area (Å²) < 4.78 is 29.3. The molecule has 41 heavy (non-hydrogen) atoms. The number of nitrogens with zero attached hydrogens (tertiary/aromatic N) is 3. The summed E-state index contributed by atoms with van der Waals surface area (Å²) in [6, 6.07) is 10.4. The number of halogens is 1. The Morgan fingerprint density at radius 3 is 2.29 bits per heavy atom. The minimum atomic E-state index is -0.709.